The Balaban J connectivity index is 1.16. The van der Waals surface area contributed by atoms with Crippen LogP contribution in [0, 0.1) is 0 Å². The van der Waals surface area contributed by atoms with Crippen molar-refractivity contribution in [1.29, 1.82) is 0 Å². The Morgan fingerprint density at radius 1 is 0.253 bits per heavy atom. The van der Waals surface area contributed by atoms with E-state index in [2.05, 4.69) is 146 Å². The largest absolute Gasteiger partial charge is 0.172 e. The third-order valence-electron chi connectivity index (χ3n) is 18.3. The van der Waals surface area contributed by atoms with Gasteiger partial charge < -0.3 is 0 Å². The van der Waals surface area contributed by atoms with E-state index >= 15 is 0 Å². The van der Waals surface area contributed by atoms with E-state index in [1.54, 1.807) is 22.3 Å². The molecule has 7 heterocycles. The van der Waals surface area contributed by atoms with Gasteiger partial charge in [-0.15, -0.1) is 68.0 Å². The third kappa shape index (κ3) is 21.4. The maximum Gasteiger partial charge on any atom is 0.114 e. The zero-order chi connectivity index (χ0) is 60.7. The summed E-state index contributed by atoms with van der Waals surface area (Å²) in [4.78, 5) is 14.9. The minimum atomic E-state index is 1.10. The van der Waals surface area contributed by atoms with E-state index in [9.17, 15) is 0 Å². The lowest BCUT2D eigenvalue weighted by Gasteiger charge is -2.09. The number of hydrogen-bond acceptors (Lipinski definition) is 9. The van der Waals surface area contributed by atoms with Gasteiger partial charge in [0.15, 0.2) is 0 Å². The van der Waals surface area contributed by atoms with Gasteiger partial charge in [-0.3, -0.25) is 0 Å². The van der Waals surface area contributed by atoms with Crippen LogP contribution < -0.4 is 0 Å². The van der Waals surface area contributed by atoms with Crippen molar-refractivity contribution in [3.05, 3.63) is 92.7 Å². The van der Waals surface area contributed by atoms with Crippen molar-refractivity contribution < 1.29 is 0 Å². The molecule has 8 aromatic rings. The smallest absolute Gasteiger partial charge is 0.114 e. The average molecular weight is 1300 g/mol. The number of aryl methyl sites for hydroxylation is 6. The van der Waals surface area contributed by atoms with Crippen molar-refractivity contribution in [2.24, 2.45) is 0 Å². The zero-order valence-electron chi connectivity index (χ0n) is 55.2. The van der Waals surface area contributed by atoms with Crippen LogP contribution >= 0.6 is 79.7 Å². The Bertz CT molecular complexity index is 2920. The molecule has 0 aliphatic carbocycles. The summed E-state index contributed by atoms with van der Waals surface area (Å²) in [5, 5.41) is 4.74. The summed E-state index contributed by atoms with van der Waals surface area (Å²) < 4.78 is 10.6. The molecule has 0 bridgehead atoms. The Hall–Kier alpha value is -2.76. The third-order valence-corrected chi connectivity index (χ3v) is 26.3. The van der Waals surface area contributed by atoms with Crippen molar-refractivity contribution in [2.45, 2.75) is 311 Å². The van der Waals surface area contributed by atoms with Crippen LogP contribution in [0.15, 0.2) is 59.3 Å². The Morgan fingerprint density at radius 3 is 0.793 bits per heavy atom. The second-order valence-electron chi connectivity index (χ2n) is 25.6. The van der Waals surface area contributed by atoms with Gasteiger partial charge in [0.2, 0.25) is 0 Å². The Kier molecular flexibility index (Phi) is 32.5. The maximum atomic E-state index is 5.32. The van der Waals surface area contributed by atoms with Crippen molar-refractivity contribution in [1.82, 2.24) is 8.75 Å². The van der Waals surface area contributed by atoms with E-state index in [1.807, 2.05) is 22.7 Å². The number of unbranched alkanes of at least 4 members (excludes halogenated alkanes) is 30. The highest BCUT2D eigenvalue weighted by molar-refractivity contribution is 7.28. The average Bonchev–Trinajstić information content (AvgIpc) is 1.74. The molecule has 0 fully saturated rings. The fraction of sp³-hybridized carbons (Fsp3) is 0.615. The molecule has 9 heteroatoms. The van der Waals surface area contributed by atoms with Gasteiger partial charge in [-0.2, -0.15) is 8.75 Å². The van der Waals surface area contributed by atoms with Gasteiger partial charge in [0, 0.05) is 59.9 Å². The summed E-state index contributed by atoms with van der Waals surface area (Å²) in [6, 6.07) is 20.4. The van der Waals surface area contributed by atoms with E-state index in [-0.39, 0.29) is 0 Å². The lowest BCUT2D eigenvalue weighted by Crippen LogP contribution is -1.90. The number of benzene rings is 1. The highest BCUT2D eigenvalue weighted by Crippen LogP contribution is 2.52. The van der Waals surface area contributed by atoms with Crippen LogP contribution in [-0.2, 0) is 38.5 Å². The van der Waals surface area contributed by atoms with E-state index in [4.69, 9.17) is 8.75 Å². The van der Waals surface area contributed by atoms with E-state index in [0.717, 1.165) is 36.7 Å². The first-order valence-electron chi connectivity index (χ1n) is 35.9. The summed E-state index contributed by atoms with van der Waals surface area (Å²) in [5.41, 5.74) is 14.1. The Morgan fingerprint density at radius 2 is 0.494 bits per heavy atom. The molecule has 0 N–H and O–H groups in total. The van der Waals surface area contributed by atoms with Gasteiger partial charge in [-0.1, -0.05) is 246 Å². The summed E-state index contributed by atoms with van der Waals surface area (Å²) in [6.45, 7) is 14.0. The fourth-order valence-corrected chi connectivity index (χ4v) is 21.0. The lowest BCUT2D eigenvalue weighted by molar-refractivity contribution is 0.608. The molecule has 2 nitrogen and oxygen atoms in total. The summed E-state index contributed by atoms with van der Waals surface area (Å²) in [6.07, 6.45) is 54.7. The van der Waals surface area contributed by atoms with Gasteiger partial charge in [0.25, 0.3) is 0 Å². The molecular formula is C78H112N2S7. The minimum Gasteiger partial charge on any atom is -0.172 e. The van der Waals surface area contributed by atoms with Crippen molar-refractivity contribution in [2.75, 3.05) is 0 Å². The van der Waals surface area contributed by atoms with Crippen molar-refractivity contribution in [3.8, 4) is 59.9 Å². The van der Waals surface area contributed by atoms with E-state index in [0.29, 0.717) is 0 Å². The number of fused-ring (bicyclic) bond motifs is 1. The van der Waals surface area contributed by atoms with Gasteiger partial charge in [-0.05, 0) is 158 Å². The van der Waals surface area contributed by atoms with Crippen LogP contribution in [0.1, 0.15) is 306 Å². The molecule has 0 aliphatic heterocycles. The first kappa shape index (κ1) is 70.1. The maximum absolute atomic E-state index is 5.32. The first-order chi connectivity index (χ1) is 43.0. The molecule has 87 heavy (non-hydrogen) atoms. The highest BCUT2D eigenvalue weighted by Gasteiger charge is 2.26. The molecule has 0 atom stereocenters. The normalized spacial score (nSPS) is 11.9. The molecule has 0 saturated heterocycles. The second kappa shape index (κ2) is 40.3. The predicted molar refractivity (Wildman–Crippen MR) is 400 cm³/mol. The van der Waals surface area contributed by atoms with Crippen LogP contribution in [0.5, 0.6) is 0 Å². The lowest BCUT2D eigenvalue weighted by atomic mass is 9.97. The van der Waals surface area contributed by atoms with Gasteiger partial charge in [-0.25, -0.2) is 0 Å². The predicted octanol–water partition coefficient (Wildman–Crippen LogP) is 29.5. The molecule has 7 aromatic heterocycles. The Labute approximate surface area is 558 Å². The monoisotopic (exact) mass is 1300 g/mol. The van der Waals surface area contributed by atoms with Crippen LogP contribution in [-0.4, -0.2) is 8.75 Å². The van der Waals surface area contributed by atoms with Gasteiger partial charge >= 0.3 is 0 Å². The molecule has 0 amide bonds. The number of hydrogen-bond donors (Lipinski definition) is 0. The molecule has 0 aliphatic rings. The highest BCUT2D eigenvalue weighted by atomic mass is 32.1. The zero-order valence-corrected chi connectivity index (χ0v) is 60.9. The van der Waals surface area contributed by atoms with Crippen LogP contribution in [0.4, 0.5) is 0 Å². The summed E-state index contributed by atoms with van der Waals surface area (Å²) in [7, 11) is 0. The van der Waals surface area contributed by atoms with Gasteiger partial charge in [0.1, 0.15) is 11.0 Å². The second-order valence-corrected chi connectivity index (χ2v) is 32.2. The number of aromatic nitrogens is 2. The molecule has 0 spiro atoms. The fourth-order valence-electron chi connectivity index (χ4n) is 13.1. The molecule has 0 radical (unpaired) electrons. The molecule has 0 unspecified atom stereocenters. The number of nitrogens with zero attached hydrogens (tertiary/aromatic N) is 2. The van der Waals surface area contributed by atoms with Crippen molar-refractivity contribution >= 4 is 90.8 Å². The molecular weight excluding hydrogens is 1190 g/mol. The van der Waals surface area contributed by atoms with E-state index in [1.165, 1.54) is 327 Å². The molecule has 0 saturated carbocycles. The standard InChI is InChI=1S/C78H112N2S7/c1-7-13-19-25-31-37-43-59-51-53-81-75(59)67-57-63(47-41-35-29-23-17-11-5)77(85-67)69-55-61(45-39-33-27-21-15-9-3)73(83-69)65-49-50-66(72-71(65)79-87-80-72)74-62(46-40-34-28-22-16-10-4)56-70(84-74)78-64(48-42-36-30-24-18-12-6)58-68(86-78)76-60(52-54-82-76)44-38-32-26-20-14-8-2/h49-58H,7-48H2,1-6H3. The SMILES string of the molecule is CCCCCCCCc1ccsc1-c1cc(CCCCCCCC)c(-c2cc(CCCCCCCC)c(-c3ccc(-c4sc(-c5sc(-c6sccc6CCCCCCCC)cc5CCCCCCCC)cc4CCCCCCCC)c4nsnc34)s2)s1. The molecule has 8 rings (SSSR count). The van der Waals surface area contributed by atoms with E-state index < -0.39 is 0 Å². The first-order valence-corrected chi connectivity index (χ1v) is 41.7. The summed E-state index contributed by atoms with van der Waals surface area (Å²) in [5.74, 6) is 0. The van der Waals surface area contributed by atoms with Crippen LogP contribution in [0.3, 0.4) is 0 Å². The van der Waals surface area contributed by atoms with Crippen LogP contribution in [0.2, 0.25) is 0 Å². The molecule has 476 valence electrons. The topological polar surface area (TPSA) is 25.8 Å². The number of rotatable bonds is 48. The quantitative estimate of drug-likeness (QED) is 0.0355. The van der Waals surface area contributed by atoms with Gasteiger partial charge in [0.05, 0.1) is 11.7 Å². The molecule has 1 aromatic carbocycles. The van der Waals surface area contributed by atoms with Crippen molar-refractivity contribution in [3.63, 3.8) is 0 Å². The van der Waals surface area contributed by atoms with Crippen LogP contribution in [0.25, 0.3) is 70.9 Å². The summed E-state index contributed by atoms with van der Waals surface area (Å²) >= 11 is 13.7. The minimum absolute atomic E-state index is 1.10. The number of thiophene rings is 6.